The number of hydrogen-bond acceptors (Lipinski definition) is 5. The van der Waals surface area contributed by atoms with Crippen molar-refractivity contribution in [3.8, 4) is 0 Å². The van der Waals surface area contributed by atoms with Crippen molar-refractivity contribution in [1.29, 1.82) is 0 Å². The molecule has 29 heavy (non-hydrogen) atoms. The van der Waals surface area contributed by atoms with Gasteiger partial charge >= 0.3 is 6.09 Å². The molecule has 7 heteroatoms. The Balaban J connectivity index is 1.30. The number of ether oxygens (including phenoxy) is 1. The number of benzene rings is 1. The Morgan fingerprint density at radius 2 is 2.17 bits per heavy atom. The van der Waals surface area contributed by atoms with Crippen LogP contribution in [-0.4, -0.2) is 71.2 Å². The summed E-state index contributed by atoms with van der Waals surface area (Å²) in [6, 6.07) is 6.64. The second-order valence-corrected chi connectivity index (χ2v) is 8.93. The van der Waals surface area contributed by atoms with Crippen LogP contribution in [0.1, 0.15) is 31.9 Å². The Morgan fingerprint density at radius 3 is 2.97 bits per heavy atom. The summed E-state index contributed by atoms with van der Waals surface area (Å²) >= 11 is 0. The van der Waals surface area contributed by atoms with Gasteiger partial charge < -0.3 is 24.8 Å². The van der Waals surface area contributed by atoms with E-state index in [1.165, 1.54) is 22.0 Å². The summed E-state index contributed by atoms with van der Waals surface area (Å²) in [4.78, 5) is 24.5. The number of carbonyl (C=O) groups excluding carboxylic acids is 1. The fourth-order valence-electron chi connectivity index (χ4n) is 4.10. The molecule has 0 bridgehead atoms. The summed E-state index contributed by atoms with van der Waals surface area (Å²) in [5.74, 6) is 0.954. The standard InChI is InChI=1S/C22H31N5O2/c1-15-6-5-7-18-16(12-24-19(15)18)8-9-23-20-25-13-17-14-26(10-11-27(17)20)21(28)29-22(2,3)4/h5-7,12,17,24H,8-11,13-14H2,1-4H3,(H,23,25). The molecule has 1 fully saturated rings. The quantitative estimate of drug-likeness (QED) is 0.835. The summed E-state index contributed by atoms with van der Waals surface area (Å²) < 4.78 is 5.51. The molecule has 4 rings (SSSR count). The number of aromatic amines is 1. The van der Waals surface area contributed by atoms with Crippen LogP contribution < -0.4 is 5.32 Å². The Labute approximate surface area is 172 Å². The van der Waals surface area contributed by atoms with Gasteiger partial charge in [-0.05, 0) is 45.2 Å². The van der Waals surface area contributed by atoms with Crippen LogP contribution in [0, 0.1) is 6.92 Å². The number of fused-ring (bicyclic) bond motifs is 2. The first kappa shape index (κ1) is 19.6. The highest BCUT2D eigenvalue weighted by Crippen LogP contribution is 2.22. The van der Waals surface area contributed by atoms with Crippen molar-refractivity contribution in [2.75, 3.05) is 32.7 Å². The van der Waals surface area contributed by atoms with Gasteiger partial charge in [-0.2, -0.15) is 0 Å². The highest BCUT2D eigenvalue weighted by molar-refractivity contribution is 5.86. The van der Waals surface area contributed by atoms with Gasteiger partial charge in [0.15, 0.2) is 5.96 Å². The number of aromatic nitrogens is 1. The zero-order chi connectivity index (χ0) is 20.6. The molecule has 3 heterocycles. The van der Waals surface area contributed by atoms with Crippen LogP contribution in [0.15, 0.2) is 29.4 Å². The maximum atomic E-state index is 12.3. The van der Waals surface area contributed by atoms with Crippen LogP contribution in [-0.2, 0) is 11.2 Å². The number of piperazine rings is 1. The summed E-state index contributed by atoms with van der Waals surface area (Å²) in [7, 11) is 0. The third-order valence-electron chi connectivity index (χ3n) is 5.55. The number of aryl methyl sites for hydroxylation is 1. The Hall–Kier alpha value is -2.70. The van der Waals surface area contributed by atoms with E-state index < -0.39 is 5.60 Å². The maximum absolute atomic E-state index is 12.3. The number of rotatable bonds is 3. The fourth-order valence-corrected chi connectivity index (χ4v) is 4.10. The number of carbonyl (C=O) groups is 1. The van der Waals surface area contributed by atoms with E-state index >= 15 is 0 Å². The highest BCUT2D eigenvalue weighted by Gasteiger charge is 2.36. The average molecular weight is 398 g/mol. The molecule has 1 amide bonds. The number of aliphatic imine (C=N–C) groups is 1. The summed E-state index contributed by atoms with van der Waals surface area (Å²) in [6.45, 7) is 11.5. The number of nitrogens with zero attached hydrogens (tertiary/aromatic N) is 3. The molecule has 1 aromatic carbocycles. The highest BCUT2D eigenvalue weighted by atomic mass is 16.6. The molecule has 2 aromatic rings. The van der Waals surface area contributed by atoms with Crippen LogP contribution in [0.25, 0.3) is 10.9 Å². The third kappa shape index (κ3) is 4.18. The normalized spacial score (nSPS) is 19.3. The maximum Gasteiger partial charge on any atom is 0.410 e. The van der Waals surface area contributed by atoms with Crippen LogP contribution in [0.5, 0.6) is 0 Å². The molecular formula is C22H31N5O2. The molecule has 2 aliphatic heterocycles. The lowest BCUT2D eigenvalue weighted by molar-refractivity contribution is 0.0137. The molecule has 1 atom stereocenters. The summed E-state index contributed by atoms with van der Waals surface area (Å²) in [6.07, 6.45) is 2.82. The molecule has 1 aromatic heterocycles. The van der Waals surface area contributed by atoms with Crippen molar-refractivity contribution in [3.63, 3.8) is 0 Å². The first-order chi connectivity index (χ1) is 13.8. The topological polar surface area (TPSA) is 73.0 Å². The number of guanidine groups is 1. The molecule has 7 nitrogen and oxygen atoms in total. The number of para-hydroxylation sites is 1. The molecule has 0 saturated carbocycles. The molecule has 0 aliphatic carbocycles. The van der Waals surface area contributed by atoms with Gasteiger partial charge in [-0.1, -0.05) is 18.2 Å². The summed E-state index contributed by atoms with van der Waals surface area (Å²) in [5, 5.41) is 4.80. The monoisotopic (exact) mass is 397 g/mol. The van der Waals surface area contributed by atoms with E-state index in [1.807, 2.05) is 20.8 Å². The molecule has 2 aliphatic rings. The van der Waals surface area contributed by atoms with Crippen molar-refractivity contribution in [2.24, 2.45) is 4.99 Å². The van der Waals surface area contributed by atoms with E-state index in [1.54, 1.807) is 4.90 Å². The molecule has 0 radical (unpaired) electrons. The number of nitrogens with one attached hydrogen (secondary N) is 2. The minimum atomic E-state index is -0.464. The van der Waals surface area contributed by atoms with Gasteiger partial charge in [0.05, 0.1) is 12.6 Å². The van der Waals surface area contributed by atoms with E-state index in [0.717, 1.165) is 25.5 Å². The minimum Gasteiger partial charge on any atom is -0.444 e. The molecular weight excluding hydrogens is 366 g/mol. The van der Waals surface area contributed by atoms with Crippen molar-refractivity contribution < 1.29 is 9.53 Å². The third-order valence-corrected chi connectivity index (χ3v) is 5.55. The molecule has 2 N–H and O–H groups in total. The molecule has 1 saturated heterocycles. The first-order valence-corrected chi connectivity index (χ1v) is 10.4. The van der Waals surface area contributed by atoms with E-state index in [-0.39, 0.29) is 12.1 Å². The molecule has 1 unspecified atom stereocenters. The van der Waals surface area contributed by atoms with Gasteiger partial charge in [0.2, 0.25) is 0 Å². The van der Waals surface area contributed by atoms with E-state index in [9.17, 15) is 4.79 Å². The lowest BCUT2D eigenvalue weighted by Crippen LogP contribution is -2.57. The SMILES string of the molecule is Cc1cccc2c(CCNC3=NCC4CN(C(=O)OC(C)(C)C)CCN34)c[nH]c12. The largest absolute Gasteiger partial charge is 0.444 e. The smallest absolute Gasteiger partial charge is 0.410 e. The lowest BCUT2D eigenvalue weighted by atomic mass is 10.1. The van der Waals surface area contributed by atoms with Crippen LogP contribution >= 0.6 is 0 Å². The minimum absolute atomic E-state index is 0.229. The van der Waals surface area contributed by atoms with Gasteiger partial charge in [-0.25, -0.2) is 4.79 Å². The second-order valence-electron chi connectivity index (χ2n) is 8.93. The Bertz CT molecular complexity index is 927. The second kappa shape index (κ2) is 7.61. The van der Waals surface area contributed by atoms with Gasteiger partial charge in [0.1, 0.15) is 5.60 Å². The van der Waals surface area contributed by atoms with Gasteiger partial charge in [-0.3, -0.25) is 4.99 Å². The zero-order valence-electron chi connectivity index (χ0n) is 17.8. The predicted molar refractivity (Wildman–Crippen MR) is 115 cm³/mol. The average Bonchev–Trinajstić information content (AvgIpc) is 3.25. The zero-order valence-corrected chi connectivity index (χ0v) is 17.8. The first-order valence-electron chi connectivity index (χ1n) is 10.4. The molecule has 0 spiro atoms. The number of hydrogen-bond donors (Lipinski definition) is 2. The van der Waals surface area contributed by atoms with Crippen molar-refractivity contribution in [3.05, 3.63) is 35.5 Å². The Morgan fingerprint density at radius 1 is 1.34 bits per heavy atom. The van der Waals surface area contributed by atoms with Crippen LogP contribution in [0.2, 0.25) is 0 Å². The number of amides is 1. The van der Waals surface area contributed by atoms with Crippen molar-refractivity contribution >= 4 is 23.0 Å². The van der Waals surface area contributed by atoms with Crippen molar-refractivity contribution in [2.45, 2.75) is 45.8 Å². The predicted octanol–water partition coefficient (Wildman–Crippen LogP) is 2.90. The lowest BCUT2D eigenvalue weighted by Gasteiger charge is -2.39. The van der Waals surface area contributed by atoms with Gasteiger partial charge in [-0.15, -0.1) is 0 Å². The van der Waals surface area contributed by atoms with Crippen LogP contribution in [0.4, 0.5) is 4.79 Å². The van der Waals surface area contributed by atoms with Crippen molar-refractivity contribution in [1.82, 2.24) is 20.1 Å². The number of H-pyrrole nitrogens is 1. The Kier molecular flexibility index (Phi) is 5.15. The summed E-state index contributed by atoms with van der Waals surface area (Å²) in [5.41, 5.74) is 3.35. The van der Waals surface area contributed by atoms with E-state index in [4.69, 9.17) is 4.74 Å². The van der Waals surface area contributed by atoms with E-state index in [0.29, 0.717) is 19.6 Å². The van der Waals surface area contributed by atoms with Crippen LogP contribution in [0.3, 0.4) is 0 Å². The van der Waals surface area contributed by atoms with E-state index in [2.05, 4.69) is 51.5 Å². The van der Waals surface area contributed by atoms with Gasteiger partial charge in [0, 0.05) is 43.3 Å². The fraction of sp³-hybridized carbons (Fsp3) is 0.545. The van der Waals surface area contributed by atoms with Gasteiger partial charge in [0.25, 0.3) is 0 Å². The molecule has 156 valence electrons.